The van der Waals surface area contributed by atoms with E-state index in [1.165, 1.54) is 6.07 Å². The highest BCUT2D eigenvalue weighted by atomic mass is 16.4. The lowest BCUT2D eigenvalue weighted by Gasteiger charge is -2.30. The van der Waals surface area contributed by atoms with Gasteiger partial charge in [-0.25, -0.2) is 0 Å². The van der Waals surface area contributed by atoms with Crippen molar-refractivity contribution in [3.63, 3.8) is 0 Å². The van der Waals surface area contributed by atoms with E-state index in [1.54, 1.807) is 11.0 Å². The number of nitrogens with one attached hydrogen (secondary N) is 1. The number of aromatic nitrogens is 1. The molecule has 0 atom stereocenters. The molecule has 2 N–H and O–H groups in total. The third kappa shape index (κ3) is 5.91. The fourth-order valence-electron chi connectivity index (χ4n) is 2.24. The molecule has 5 nitrogen and oxygen atoms in total. The second kappa shape index (κ2) is 8.91. The molecule has 0 fully saturated rings. The maximum Gasteiger partial charge on any atom is 0.323 e. The number of carboxylic acids is 1. The number of hydrogen-bond donors (Lipinski definition) is 2. The predicted octanol–water partition coefficient (Wildman–Crippen LogP) is 3.49. The summed E-state index contributed by atoms with van der Waals surface area (Å²) >= 11 is 0. The van der Waals surface area contributed by atoms with E-state index in [4.69, 9.17) is 5.11 Å². The fraction of sp³-hybridized carbons (Fsp3) is 0.368. The zero-order valence-corrected chi connectivity index (χ0v) is 14.7. The van der Waals surface area contributed by atoms with Gasteiger partial charge >= 0.3 is 5.97 Å². The molecule has 0 radical (unpaired) electrons. The number of nitrogens with zero attached hydrogens (tertiary/aromatic N) is 1. The van der Waals surface area contributed by atoms with Crippen LogP contribution in [0.1, 0.15) is 39.3 Å². The van der Waals surface area contributed by atoms with E-state index in [0.717, 1.165) is 17.1 Å². The molecule has 0 bridgehead atoms. The minimum Gasteiger partial charge on any atom is -0.480 e. The fourth-order valence-corrected chi connectivity index (χ4v) is 2.24. The van der Waals surface area contributed by atoms with E-state index in [-0.39, 0.29) is 12.1 Å². The summed E-state index contributed by atoms with van der Waals surface area (Å²) in [5.74, 6) is -0.141. The molecule has 1 aromatic heterocycles. The quantitative estimate of drug-likeness (QED) is 0.886. The number of hydrogen-bond acceptors (Lipinski definition) is 3. The summed E-state index contributed by atoms with van der Waals surface area (Å²) in [6, 6.07) is 5.21. The number of carbonyl (C=O) groups is 1. The van der Waals surface area contributed by atoms with Crippen LogP contribution in [0.25, 0.3) is 0 Å². The third-order valence-electron chi connectivity index (χ3n) is 3.51. The van der Waals surface area contributed by atoms with Gasteiger partial charge in [0.25, 0.3) is 0 Å². The summed E-state index contributed by atoms with van der Waals surface area (Å²) in [5.41, 5.74) is 2.71. The Morgan fingerprint density at radius 3 is 2.38 bits per heavy atom. The second-order valence-corrected chi connectivity index (χ2v) is 6.20. The largest absolute Gasteiger partial charge is 0.480 e. The van der Waals surface area contributed by atoms with Crippen LogP contribution in [0.4, 0.5) is 0 Å². The molecule has 2 rings (SSSR count). The molecular weight excluding hydrogens is 304 g/mol. The summed E-state index contributed by atoms with van der Waals surface area (Å²) in [6.45, 7) is 12.0. The van der Waals surface area contributed by atoms with E-state index in [9.17, 15) is 9.59 Å². The van der Waals surface area contributed by atoms with Crippen molar-refractivity contribution in [3.8, 4) is 0 Å². The number of pyridine rings is 1. The highest BCUT2D eigenvalue weighted by Crippen LogP contribution is 2.23. The van der Waals surface area contributed by atoms with Crippen LogP contribution in [-0.4, -0.2) is 27.5 Å². The third-order valence-corrected chi connectivity index (χ3v) is 3.51. The van der Waals surface area contributed by atoms with Crippen molar-refractivity contribution < 1.29 is 9.90 Å². The number of carboxylic acid groups (broad SMARTS) is 1. The molecule has 0 aliphatic carbocycles. The van der Waals surface area contributed by atoms with Crippen molar-refractivity contribution in [3.05, 3.63) is 70.4 Å². The molecule has 2 heterocycles. The van der Waals surface area contributed by atoms with E-state index in [0.29, 0.717) is 11.8 Å². The average molecular weight is 330 g/mol. The molecule has 24 heavy (non-hydrogen) atoms. The Morgan fingerprint density at radius 1 is 1.25 bits per heavy atom. The number of rotatable bonds is 4. The standard InChI is InChI=1S/C11H15NO2.C8H11NO/c1-8(2)10-6-4-5-9(3)12(10)7-11(13)14;1-6(2)7-4-3-5-8(10)9-7/h4-6,8H,3,7H2,1-2H3,(H,13,14);3-6H,1-2H3,(H,9,10). The molecule has 0 spiro atoms. The number of aliphatic carboxylic acids is 1. The molecule has 1 aromatic rings. The van der Waals surface area contributed by atoms with E-state index in [2.05, 4.69) is 11.6 Å². The van der Waals surface area contributed by atoms with Crippen molar-refractivity contribution in [2.45, 2.75) is 33.6 Å². The molecule has 5 heteroatoms. The zero-order valence-electron chi connectivity index (χ0n) is 14.7. The van der Waals surface area contributed by atoms with Crippen LogP contribution in [0.3, 0.4) is 0 Å². The van der Waals surface area contributed by atoms with E-state index >= 15 is 0 Å². The Balaban J connectivity index is 0.000000254. The monoisotopic (exact) mass is 330 g/mol. The van der Waals surface area contributed by atoms with Crippen molar-refractivity contribution in [2.75, 3.05) is 6.54 Å². The topological polar surface area (TPSA) is 73.4 Å². The number of allylic oxidation sites excluding steroid dienone is 4. The van der Waals surface area contributed by atoms with Crippen LogP contribution in [0.15, 0.2) is 59.2 Å². The van der Waals surface area contributed by atoms with Crippen LogP contribution in [0.2, 0.25) is 0 Å². The number of aromatic amines is 1. The van der Waals surface area contributed by atoms with Gasteiger partial charge in [0.1, 0.15) is 6.54 Å². The van der Waals surface area contributed by atoms with Gasteiger partial charge in [-0.3, -0.25) is 9.59 Å². The molecule has 0 amide bonds. The summed E-state index contributed by atoms with van der Waals surface area (Å²) < 4.78 is 0. The lowest BCUT2D eigenvalue weighted by molar-refractivity contribution is -0.137. The Morgan fingerprint density at radius 2 is 1.92 bits per heavy atom. The molecule has 1 aliphatic rings. The Bertz CT molecular complexity index is 697. The minimum atomic E-state index is -0.840. The Kier molecular flexibility index (Phi) is 7.24. The maximum atomic E-state index is 10.7. The summed E-state index contributed by atoms with van der Waals surface area (Å²) in [7, 11) is 0. The first-order valence-electron chi connectivity index (χ1n) is 7.98. The van der Waals surface area contributed by atoms with E-state index < -0.39 is 5.97 Å². The zero-order chi connectivity index (χ0) is 18.3. The number of H-pyrrole nitrogens is 1. The highest BCUT2D eigenvalue weighted by Gasteiger charge is 2.18. The molecule has 130 valence electrons. The van der Waals surface area contributed by atoms with Crippen LogP contribution in [0, 0.1) is 5.92 Å². The van der Waals surface area contributed by atoms with Gasteiger partial charge in [-0.05, 0) is 30.1 Å². The Labute approximate surface area is 143 Å². The SMILES string of the molecule is C=C1C=CC=C(C(C)C)N1CC(=O)O.CC(C)c1cccc(=O)[nH]1. The van der Waals surface area contributed by atoms with Crippen molar-refractivity contribution in [2.24, 2.45) is 5.92 Å². The van der Waals surface area contributed by atoms with Gasteiger partial charge in [-0.15, -0.1) is 0 Å². The van der Waals surface area contributed by atoms with Crippen LogP contribution < -0.4 is 5.56 Å². The van der Waals surface area contributed by atoms with Crippen molar-refractivity contribution in [1.29, 1.82) is 0 Å². The first kappa shape index (κ1) is 19.5. The van der Waals surface area contributed by atoms with Gasteiger partial charge in [-0.1, -0.05) is 46.4 Å². The van der Waals surface area contributed by atoms with Gasteiger partial charge in [-0.2, -0.15) is 0 Å². The lowest BCUT2D eigenvalue weighted by atomic mass is 10.1. The smallest absolute Gasteiger partial charge is 0.323 e. The van der Waals surface area contributed by atoms with E-state index in [1.807, 2.05) is 52.0 Å². The molecule has 0 unspecified atom stereocenters. The normalized spacial score (nSPS) is 13.7. The van der Waals surface area contributed by atoms with Gasteiger partial charge in [0.2, 0.25) is 5.56 Å². The summed E-state index contributed by atoms with van der Waals surface area (Å²) in [6.07, 6.45) is 5.65. The first-order valence-corrected chi connectivity index (χ1v) is 7.98. The first-order chi connectivity index (χ1) is 11.2. The van der Waals surface area contributed by atoms with Crippen LogP contribution in [-0.2, 0) is 4.79 Å². The summed E-state index contributed by atoms with van der Waals surface area (Å²) in [4.78, 5) is 25.9. The second-order valence-electron chi connectivity index (χ2n) is 6.20. The van der Waals surface area contributed by atoms with Crippen molar-refractivity contribution >= 4 is 5.97 Å². The highest BCUT2D eigenvalue weighted by molar-refractivity contribution is 5.70. The Hall–Kier alpha value is -2.56. The van der Waals surface area contributed by atoms with Gasteiger partial charge in [0.15, 0.2) is 0 Å². The van der Waals surface area contributed by atoms with Crippen LogP contribution in [0.5, 0.6) is 0 Å². The molecule has 0 aromatic carbocycles. The summed E-state index contributed by atoms with van der Waals surface area (Å²) in [5, 5.41) is 8.75. The van der Waals surface area contributed by atoms with Gasteiger partial charge in [0.05, 0.1) is 0 Å². The average Bonchev–Trinajstić information content (AvgIpc) is 2.49. The molecule has 0 saturated carbocycles. The lowest BCUT2D eigenvalue weighted by Crippen LogP contribution is -2.30. The molecular formula is C19H26N2O3. The minimum absolute atomic E-state index is 0.0206. The predicted molar refractivity (Wildman–Crippen MR) is 96.7 cm³/mol. The van der Waals surface area contributed by atoms with Gasteiger partial charge in [0, 0.05) is 23.2 Å². The van der Waals surface area contributed by atoms with Crippen molar-refractivity contribution in [1.82, 2.24) is 9.88 Å². The van der Waals surface area contributed by atoms with Gasteiger partial charge < -0.3 is 15.0 Å². The molecule has 1 aliphatic heterocycles. The maximum absolute atomic E-state index is 10.7. The molecule has 0 saturated heterocycles. The van der Waals surface area contributed by atoms with Crippen LogP contribution >= 0.6 is 0 Å².